The molecule has 0 saturated heterocycles. The van der Waals surface area contributed by atoms with E-state index >= 15 is 0 Å². The third kappa shape index (κ3) is 635. The van der Waals surface area contributed by atoms with E-state index in [1.54, 1.807) is 0 Å². The van der Waals surface area contributed by atoms with Crippen molar-refractivity contribution in [2.24, 2.45) is 0 Å². The van der Waals surface area contributed by atoms with Gasteiger partial charge < -0.3 is 21.9 Å². The van der Waals surface area contributed by atoms with Crippen LogP contribution in [0.4, 0.5) is 0 Å². The molecule has 0 amide bonds. The second kappa shape index (κ2) is 952. The van der Waals surface area contributed by atoms with Crippen molar-refractivity contribution in [1.82, 2.24) is 12.3 Å². The van der Waals surface area contributed by atoms with Gasteiger partial charge >= 0.3 is 21.1 Å². The van der Waals surface area contributed by atoms with E-state index in [2.05, 4.69) is 0 Å². The van der Waals surface area contributed by atoms with E-state index in [9.17, 15) is 0 Å². The van der Waals surface area contributed by atoms with Crippen LogP contribution in [-0.4, -0.2) is 21.9 Å². The first-order valence-electron chi connectivity index (χ1n) is 0. The molecule has 0 aromatic rings. The van der Waals surface area contributed by atoms with Crippen LogP contribution in [0.15, 0.2) is 0 Å². The van der Waals surface area contributed by atoms with Crippen molar-refractivity contribution >= 4 is 0 Å². The molecule has 0 fully saturated rings. The summed E-state index contributed by atoms with van der Waals surface area (Å²) in [6.45, 7) is 0. The molecule has 0 unspecified atom stereocenters. The van der Waals surface area contributed by atoms with Crippen molar-refractivity contribution in [3.8, 4) is 0 Å². The smallest absolute Gasteiger partial charge is 0.870 e. The van der Waals surface area contributed by atoms with E-state index in [1.165, 1.54) is 0 Å². The minimum absolute atomic E-state index is 0. The fourth-order valence-corrected chi connectivity index (χ4v) is 0. The van der Waals surface area contributed by atoms with Gasteiger partial charge in [0.2, 0.25) is 0 Å². The fourth-order valence-electron chi connectivity index (χ4n) is 0. The SMILES string of the molecule is [N].[N].[OH-].[OH-].[OH-].[OH-].[Pt+4]. The van der Waals surface area contributed by atoms with Crippen LogP contribution in [-0.2, 0) is 21.1 Å². The predicted octanol–water partition coefficient (Wildman–Crippen LogP) is -1.67. The third-order valence-electron chi connectivity index (χ3n) is 0. The summed E-state index contributed by atoms with van der Waals surface area (Å²) in [5.74, 6) is 0. The molecule has 0 atom stereocenters. The summed E-state index contributed by atoms with van der Waals surface area (Å²) in [7, 11) is 0. The number of hydrogen-bond acceptors (Lipinski definition) is 4. The van der Waals surface area contributed by atoms with Gasteiger partial charge in [-0.25, -0.2) is 0 Å². The van der Waals surface area contributed by atoms with Crippen molar-refractivity contribution < 1.29 is 43.0 Å². The molecule has 7 heteroatoms. The molecule has 6 nitrogen and oxygen atoms in total. The van der Waals surface area contributed by atoms with Crippen molar-refractivity contribution in [3.05, 3.63) is 0 Å². The molecule has 0 aliphatic heterocycles. The van der Waals surface area contributed by atoms with Crippen LogP contribution in [0.2, 0.25) is 0 Å². The number of nitrogens with zero attached hydrogens (tertiary/aromatic N) is 2. The molecular weight excluding hydrogens is 287 g/mol. The van der Waals surface area contributed by atoms with E-state index in [0.29, 0.717) is 0 Å². The molecule has 0 aromatic carbocycles. The van der Waals surface area contributed by atoms with E-state index in [4.69, 9.17) is 0 Å². The van der Waals surface area contributed by atoms with Crippen molar-refractivity contribution in [3.63, 3.8) is 0 Å². The summed E-state index contributed by atoms with van der Waals surface area (Å²) in [6, 6.07) is 0. The Kier molecular flexibility index (Phi) is 210000. The minimum Gasteiger partial charge on any atom is -0.870 e. The molecule has 0 spiro atoms. The topological polar surface area (TPSA) is 181 Å². The van der Waals surface area contributed by atoms with Crippen LogP contribution in [0, 0.1) is 0 Å². The Morgan fingerprint density at radius 3 is 0.429 bits per heavy atom. The molecule has 7 heavy (non-hydrogen) atoms. The van der Waals surface area contributed by atoms with Crippen molar-refractivity contribution in [2.75, 3.05) is 0 Å². The van der Waals surface area contributed by atoms with Crippen LogP contribution in [0.3, 0.4) is 0 Å². The molecule has 0 aromatic heterocycles. The summed E-state index contributed by atoms with van der Waals surface area (Å²) in [4.78, 5) is 0. The molecule has 0 heterocycles. The Balaban J connectivity index is 0. The number of hydrogen-bond donors (Lipinski definition) is 0. The van der Waals surface area contributed by atoms with Crippen LogP contribution in [0.5, 0.6) is 0 Å². The standard InChI is InChI=1S/2N.4H2O.Pt/h;;4*1H2;/q;;;;;;+4/p-4. The van der Waals surface area contributed by atoms with Crippen molar-refractivity contribution in [2.45, 2.75) is 0 Å². The summed E-state index contributed by atoms with van der Waals surface area (Å²) >= 11 is 0. The van der Waals surface area contributed by atoms with Crippen LogP contribution < -0.4 is 12.3 Å². The average molecular weight is 291 g/mol. The Bertz CT molecular complexity index is 9.65. The predicted molar refractivity (Wildman–Crippen MR) is 12.0 cm³/mol. The van der Waals surface area contributed by atoms with Gasteiger partial charge in [0.15, 0.2) is 0 Å². The second-order valence-electron chi connectivity index (χ2n) is 0. The molecule has 48 valence electrons. The van der Waals surface area contributed by atoms with Gasteiger partial charge in [0.1, 0.15) is 0 Å². The first-order chi connectivity index (χ1) is 0. The van der Waals surface area contributed by atoms with Crippen LogP contribution in [0.1, 0.15) is 0 Å². The van der Waals surface area contributed by atoms with E-state index in [-0.39, 0.29) is 55.3 Å². The normalized spacial score (nSPS) is 0. The molecule has 0 saturated carbocycles. The van der Waals surface area contributed by atoms with Crippen LogP contribution in [0.25, 0.3) is 0 Å². The molecule has 0 bridgehead atoms. The molecule has 4 N–H and O–H groups in total. The molecule has 0 aliphatic rings. The van der Waals surface area contributed by atoms with E-state index < -0.39 is 0 Å². The first kappa shape index (κ1) is 1540. The summed E-state index contributed by atoms with van der Waals surface area (Å²) in [6.07, 6.45) is 0. The summed E-state index contributed by atoms with van der Waals surface area (Å²) < 4.78 is 0. The van der Waals surface area contributed by atoms with Gasteiger partial charge in [-0.05, 0) is 0 Å². The van der Waals surface area contributed by atoms with Gasteiger partial charge in [-0.15, -0.1) is 0 Å². The van der Waals surface area contributed by atoms with Gasteiger partial charge in [-0.2, -0.15) is 0 Å². The quantitative estimate of drug-likeness (QED) is 0.517. The summed E-state index contributed by atoms with van der Waals surface area (Å²) in [5.41, 5.74) is 0. The number of rotatable bonds is 0. The average Bonchev–Trinajstić information content (AvgIpc) is 0. The zero-order valence-electron chi connectivity index (χ0n) is 3.00. The second-order valence-corrected chi connectivity index (χ2v) is 0. The Hall–Kier alpha value is 0.448. The maximum atomic E-state index is 0. The fraction of sp³-hybridized carbons (Fsp3) is 0. The van der Waals surface area contributed by atoms with Gasteiger partial charge in [-0.1, -0.05) is 0 Å². The Morgan fingerprint density at radius 1 is 0.429 bits per heavy atom. The van der Waals surface area contributed by atoms with Gasteiger partial charge in [-0.3, -0.25) is 0 Å². The van der Waals surface area contributed by atoms with Gasteiger partial charge in [0.25, 0.3) is 0 Å². The third-order valence-corrected chi connectivity index (χ3v) is 0. The Labute approximate surface area is 56.0 Å². The van der Waals surface area contributed by atoms with Gasteiger partial charge in [0, 0.05) is 12.3 Å². The maximum Gasteiger partial charge on any atom is 4.00 e. The van der Waals surface area contributed by atoms with E-state index in [0.717, 1.165) is 0 Å². The molecule has 6 radical (unpaired) electrons. The summed E-state index contributed by atoms with van der Waals surface area (Å²) in [5, 5.41) is 0. The maximum absolute atomic E-state index is 0. The monoisotopic (exact) mass is 291 g/mol. The Morgan fingerprint density at radius 2 is 0.429 bits per heavy atom. The molecule has 0 rings (SSSR count). The first-order valence-corrected chi connectivity index (χ1v) is 0. The van der Waals surface area contributed by atoms with Crippen LogP contribution >= 0.6 is 0 Å². The molecular formula is H4N2O4Pt. The zero-order chi connectivity index (χ0) is 0. The largest absolute Gasteiger partial charge is 4.00 e. The van der Waals surface area contributed by atoms with Crippen molar-refractivity contribution in [1.29, 1.82) is 0 Å². The zero-order valence-corrected chi connectivity index (χ0v) is 5.27. The molecule has 0 aliphatic carbocycles. The minimum atomic E-state index is 0. The van der Waals surface area contributed by atoms with Gasteiger partial charge in [0.05, 0.1) is 0 Å². The van der Waals surface area contributed by atoms with E-state index in [1.807, 2.05) is 0 Å².